The Morgan fingerprint density at radius 1 is 0.769 bits per heavy atom. The molecule has 276 valence electrons. The number of H-pyrrole nitrogens is 1. The molecule has 0 bridgehead atoms. The van der Waals surface area contributed by atoms with Crippen molar-refractivity contribution in [2.45, 2.75) is 82.5 Å². The number of rotatable bonds is 20. The van der Waals surface area contributed by atoms with Crippen LogP contribution < -0.4 is 33.2 Å². The average molecular weight is 711 g/mol. The third-order valence-electron chi connectivity index (χ3n) is 8.89. The minimum atomic E-state index is -1.26. The zero-order valence-corrected chi connectivity index (χ0v) is 29.8. The van der Waals surface area contributed by atoms with Gasteiger partial charge in [0.25, 0.3) is 0 Å². The van der Waals surface area contributed by atoms with Crippen LogP contribution in [0.1, 0.15) is 56.4 Å². The summed E-state index contributed by atoms with van der Waals surface area (Å²) in [6, 6.07) is 19.7. The predicted molar refractivity (Wildman–Crippen MR) is 199 cm³/mol. The second-order valence-corrected chi connectivity index (χ2v) is 13.8. The fourth-order valence-electron chi connectivity index (χ4n) is 5.90. The zero-order valence-electron chi connectivity index (χ0n) is 29.8. The van der Waals surface area contributed by atoms with Gasteiger partial charge in [-0.05, 0) is 68.0 Å². The number of amides is 4. The summed E-state index contributed by atoms with van der Waals surface area (Å²) in [6.07, 6.45) is 4.68. The van der Waals surface area contributed by atoms with Gasteiger partial charge in [-0.1, -0.05) is 72.8 Å². The second kappa shape index (κ2) is 18.7. The lowest BCUT2D eigenvalue weighted by molar-refractivity contribution is -0.135. The highest BCUT2D eigenvalue weighted by Gasteiger charge is 2.33. The normalized spacial score (nSPS) is 13.8. The molecule has 0 aliphatic heterocycles. The van der Waals surface area contributed by atoms with E-state index >= 15 is 0 Å². The average Bonchev–Trinajstić information content (AvgIpc) is 3.63. The Hall–Kier alpha value is -5.40. The van der Waals surface area contributed by atoms with Crippen LogP contribution in [0.2, 0.25) is 0 Å². The Kier molecular flexibility index (Phi) is 14.2. The van der Waals surface area contributed by atoms with E-state index in [0.29, 0.717) is 31.5 Å². The van der Waals surface area contributed by atoms with Crippen molar-refractivity contribution in [3.63, 3.8) is 0 Å². The minimum Gasteiger partial charge on any atom is -0.368 e. The molecule has 13 nitrogen and oxygen atoms in total. The number of Topliss-reactive ketones (excluding diaryl/α,β-unsaturated/α-hetero) is 1. The molecule has 1 aromatic heterocycles. The smallest absolute Gasteiger partial charge is 0.243 e. The Labute approximate surface area is 303 Å². The predicted octanol–water partition coefficient (Wildman–Crippen LogP) is 1.97. The first-order chi connectivity index (χ1) is 24.8. The molecule has 4 amide bonds. The molecule has 0 saturated heterocycles. The fraction of sp³-hybridized carbons (Fsp3) is 0.385. The maximum absolute atomic E-state index is 14.3. The Morgan fingerprint density at radius 3 is 2.12 bits per heavy atom. The number of aromatic amines is 1. The molecule has 1 unspecified atom stereocenters. The maximum atomic E-state index is 14.3. The number of primary amides is 1. The largest absolute Gasteiger partial charge is 0.368 e. The summed E-state index contributed by atoms with van der Waals surface area (Å²) in [7, 11) is 0. The molecule has 1 heterocycles. The molecule has 0 saturated carbocycles. The van der Waals surface area contributed by atoms with Gasteiger partial charge in [-0.3, -0.25) is 24.0 Å². The summed E-state index contributed by atoms with van der Waals surface area (Å²) >= 11 is 0. The van der Waals surface area contributed by atoms with Crippen molar-refractivity contribution in [1.29, 1.82) is 0 Å². The lowest BCUT2D eigenvalue weighted by atomic mass is 9.89. The van der Waals surface area contributed by atoms with Gasteiger partial charge in [0.05, 0.1) is 17.9 Å². The third-order valence-corrected chi connectivity index (χ3v) is 8.89. The number of hydrogen-bond acceptors (Lipinski definition) is 8. The SMILES string of the molecule is CC(C)(N)C(=O)N[C@@H](Cc1cnc[nH]1)C(=O)C[C@H](Cc1ccc2ccccc2c1)C(=O)N[C@H](Cc1ccccc1)C(=O)NC(CCCCN)C(N)=O. The number of nitrogens with one attached hydrogen (secondary N) is 4. The lowest BCUT2D eigenvalue weighted by Gasteiger charge is -2.26. The number of unbranched alkanes of at least 4 members (excludes halogenated alkanes) is 1. The molecule has 4 rings (SSSR count). The first-order valence-corrected chi connectivity index (χ1v) is 17.6. The Bertz CT molecular complexity index is 1810. The van der Waals surface area contributed by atoms with E-state index in [1.165, 1.54) is 20.2 Å². The van der Waals surface area contributed by atoms with Crippen LogP contribution >= 0.6 is 0 Å². The highest BCUT2D eigenvalue weighted by molar-refractivity contribution is 5.96. The molecule has 13 heteroatoms. The second-order valence-electron chi connectivity index (χ2n) is 13.8. The van der Waals surface area contributed by atoms with Crippen LogP contribution in [-0.2, 0) is 43.2 Å². The van der Waals surface area contributed by atoms with E-state index < -0.39 is 59.0 Å². The van der Waals surface area contributed by atoms with Gasteiger partial charge >= 0.3 is 0 Å². The van der Waals surface area contributed by atoms with Gasteiger partial charge in [-0.2, -0.15) is 0 Å². The Balaban J connectivity index is 1.65. The Morgan fingerprint density at radius 2 is 1.46 bits per heavy atom. The van der Waals surface area contributed by atoms with E-state index in [1.807, 2.05) is 72.8 Å². The van der Waals surface area contributed by atoms with E-state index in [-0.39, 0.29) is 25.7 Å². The summed E-state index contributed by atoms with van der Waals surface area (Å²) in [5, 5.41) is 10.4. The molecule has 0 aliphatic rings. The molecule has 4 aromatic rings. The van der Waals surface area contributed by atoms with Crippen LogP contribution in [0.15, 0.2) is 85.3 Å². The number of aromatic nitrogens is 2. The van der Waals surface area contributed by atoms with E-state index in [1.54, 1.807) is 6.20 Å². The highest BCUT2D eigenvalue weighted by atomic mass is 16.2. The molecule has 0 fully saturated rings. The molecule has 3 aromatic carbocycles. The van der Waals surface area contributed by atoms with E-state index in [4.69, 9.17) is 17.2 Å². The summed E-state index contributed by atoms with van der Waals surface area (Å²) in [6.45, 7) is 3.50. The van der Waals surface area contributed by atoms with Crippen LogP contribution in [0, 0.1) is 5.92 Å². The van der Waals surface area contributed by atoms with Gasteiger partial charge in [0.2, 0.25) is 23.6 Å². The molecule has 0 radical (unpaired) electrons. The molecule has 10 N–H and O–H groups in total. The van der Waals surface area contributed by atoms with Crippen LogP contribution in [0.25, 0.3) is 10.8 Å². The molecule has 4 atom stereocenters. The van der Waals surface area contributed by atoms with Gasteiger partial charge in [0.15, 0.2) is 5.78 Å². The van der Waals surface area contributed by atoms with Crippen molar-refractivity contribution in [2.24, 2.45) is 23.1 Å². The van der Waals surface area contributed by atoms with Crippen molar-refractivity contribution in [2.75, 3.05) is 6.54 Å². The monoisotopic (exact) mass is 710 g/mol. The summed E-state index contributed by atoms with van der Waals surface area (Å²) in [4.78, 5) is 74.5. The van der Waals surface area contributed by atoms with E-state index in [9.17, 15) is 24.0 Å². The topological polar surface area (TPSA) is 228 Å². The number of nitrogens with zero attached hydrogens (tertiary/aromatic N) is 1. The van der Waals surface area contributed by atoms with E-state index in [2.05, 4.69) is 25.9 Å². The van der Waals surface area contributed by atoms with Crippen LogP contribution in [-0.4, -0.2) is 69.6 Å². The molecular weight excluding hydrogens is 660 g/mol. The van der Waals surface area contributed by atoms with Crippen molar-refractivity contribution in [3.8, 4) is 0 Å². The van der Waals surface area contributed by atoms with Gasteiger partial charge in [-0.25, -0.2) is 4.98 Å². The molecule has 0 aliphatic carbocycles. The number of nitrogens with two attached hydrogens (primary N) is 3. The van der Waals surface area contributed by atoms with Crippen molar-refractivity contribution < 1.29 is 24.0 Å². The number of fused-ring (bicyclic) bond motifs is 1. The lowest BCUT2D eigenvalue weighted by Crippen LogP contribution is -2.56. The number of benzene rings is 3. The fourth-order valence-corrected chi connectivity index (χ4v) is 5.90. The van der Waals surface area contributed by atoms with Gasteiger partial charge in [0.1, 0.15) is 12.1 Å². The van der Waals surface area contributed by atoms with Crippen molar-refractivity contribution in [1.82, 2.24) is 25.9 Å². The maximum Gasteiger partial charge on any atom is 0.243 e. The molecule has 0 spiro atoms. The number of carbonyl (C=O) groups is 5. The first-order valence-electron chi connectivity index (χ1n) is 17.6. The molecular formula is C39H50N8O5. The van der Waals surface area contributed by atoms with Crippen molar-refractivity contribution in [3.05, 3.63) is 102 Å². The number of ketones is 1. The quantitative estimate of drug-likeness (QED) is 0.0670. The van der Waals surface area contributed by atoms with Crippen molar-refractivity contribution >= 4 is 40.2 Å². The number of imidazole rings is 1. The van der Waals surface area contributed by atoms with Gasteiger partial charge in [-0.15, -0.1) is 0 Å². The minimum absolute atomic E-state index is 0.0999. The summed E-state index contributed by atoms with van der Waals surface area (Å²) in [5.41, 5.74) is 18.2. The zero-order chi connectivity index (χ0) is 37.7. The van der Waals surface area contributed by atoms with Crippen LogP contribution in [0.4, 0.5) is 0 Å². The summed E-state index contributed by atoms with van der Waals surface area (Å²) in [5.74, 6) is -3.69. The standard InChI is InChI=1S/C39H50N8O5/c1-39(2,42)38(52)47-32(22-30-23-43-24-44-30)34(48)21-29(19-26-15-16-27-12-6-7-13-28(27)18-26)36(50)46-33(20-25-10-4-3-5-11-25)37(51)45-31(35(41)49)14-8-9-17-40/h3-7,10-13,15-16,18,23-24,29,31-33H,8-9,14,17,19-22,40,42H2,1-2H3,(H2,41,49)(H,43,44)(H,45,51)(H,46,50)(H,47,52)/t29-,31?,32-,33+/m0/s1. The van der Waals surface area contributed by atoms with Gasteiger partial charge < -0.3 is 38.1 Å². The van der Waals surface area contributed by atoms with Crippen LogP contribution in [0.3, 0.4) is 0 Å². The number of carbonyl (C=O) groups excluding carboxylic acids is 5. The number of hydrogen-bond donors (Lipinski definition) is 7. The first kappa shape index (κ1) is 39.4. The van der Waals surface area contributed by atoms with E-state index in [0.717, 1.165) is 21.9 Å². The third kappa shape index (κ3) is 11.8. The summed E-state index contributed by atoms with van der Waals surface area (Å²) < 4.78 is 0. The van der Waals surface area contributed by atoms with Gasteiger partial charge in [0, 0.05) is 37.1 Å². The molecule has 52 heavy (non-hydrogen) atoms. The van der Waals surface area contributed by atoms with Crippen LogP contribution in [0.5, 0.6) is 0 Å². The highest BCUT2D eigenvalue weighted by Crippen LogP contribution is 2.21.